The Bertz CT molecular complexity index is 5520. The molecule has 9 N–H and O–H groups in total. The van der Waals surface area contributed by atoms with E-state index >= 15 is 0 Å². The number of nitrogens with two attached hydrogens (primary N) is 2. The number of benzene rings is 14. The van der Waals surface area contributed by atoms with Gasteiger partial charge in [-0.25, -0.2) is 4.79 Å². The van der Waals surface area contributed by atoms with Crippen LogP contribution in [0.4, 0.5) is 41.5 Å². The second-order valence-corrected chi connectivity index (χ2v) is 42.4. The van der Waals surface area contributed by atoms with Gasteiger partial charge < -0.3 is 58.7 Å². The van der Waals surface area contributed by atoms with Crippen molar-refractivity contribution in [2.45, 2.75) is 70.3 Å². The van der Waals surface area contributed by atoms with Gasteiger partial charge in [-0.1, -0.05) is 446 Å². The molecule has 14 aromatic carbocycles. The number of nitrogen functional groups attached to an aromatic ring is 2. The minimum atomic E-state index is -4.64. The van der Waals surface area contributed by atoms with Crippen LogP contribution in [0.25, 0.3) is 11.3 Å². The molecule has 18 rings (SSSR count). The molecule has 0 bridgehead atoms. The van der Waals surface area contributed by atoms with Crippen molar-refractivity contribution in [1.82, 2.24) is 40.6 Å². The number of amides is 1. The Hall–Kier alpha value is -7.66. The molecule has 36 heteroatoms. The first-order chi connectivity index (χ1) is 68.3. The minimum Gasteiger partial charge on any atom is -1.00 e. The molecule has 0 atom stereocenters. The monoisotopic (exact) mass is 2440 g/mol. The molecular weight excluding hydrogens is 2330 g/mol. The molecular formula is C108H105BCl5Cs2F3N12O8P4Pd. The van der Waals surface area contributed by atoms with E-state index in [1.54, 1.807) is 35.2 Å². The largest absolute Gasteiger partial charge is 1.00 e. The van der Waals surface area contributed by atoms with E-state index in [0.717, 1.165) is 38.8 Å². The van der Waals surface area contributed by atoms with Gasteiger partial charge in [0.2, 0.25) is 18.2 Å². The van der Waals surface area contributed by atoms with E-state index in [2.05, 4.69) is 415 Å². The number of aromatic nitrogens is 6. The smallest absolute Gasteiger partial charge is 1.00 e. The van der Waals surface area contributed by atoms with Crippen molar-refractivity contribution >= 4 is 208 Å². The van der Waals surface area contributed by atoms with Gasteiger partial charge in [-0.2, -0.15) is 23.1 Å². The van der Waals surface area contributed by atoms with Crippen molar-refractivity contribution < 1.29 is 212 Å². The molecule has 736 valence electrons. The van der Waals surface area contributed by atoms with Crippen molar-refractivity contribution in [2.24, 2.45) is 0 Å². The number of rotatable bonds is 19. The molecule has 0 saturated carbocycles. The molecule has 2 fully saturated rings. The number of likely N-dealkylation sites (tertiary alicyclic amines) is 1. The number of alkyl halides is 3. The van der Waals surface area contributed by atoms with Crippen LogP contribution in [-0.2, 0) is 39.6 Å². The number of aldehydes is 1. The minimum absolute atomic E-state index is 0. The molecule has 2 saturated heterocycles. The Morgan fingerprint density at radius 2 is 0.681 bits per heavy atom. The Kier molecular flexibility index (Phi) is 57.7. The van der Waals surface area contributed by atoms with Crippen molar-refractivity contribution in [3.8, 4) is 11.3 Å². The summed E-state index contributed by atoms with van der Waals surface area (Å²) < 4.78 is 36.6. The van der Waals surface area contributed by atoms with Gasteiger partial charge in [0.05, 0.1) is 20.1 Å². The number of anilines is 4. The van der Waals surface area contributed by atoms with Gasteiger partial charge in [0.25, 0.3) is 6.47 Å². The summed E-state index contributed by atoms with van der Waals surface area (Å²) in [6, 6.07) is 140. The molecule has 2 aromatic heterocycles. The van der Waals surface area contributed by atoms with Gasteiger partial charge in [0.15, 0.2) is 16.8 Å². The summed E-state index contributed by atoms with van der Waals surface area (Å²) in [5.41, 5.74) is 12.4. The van der Waals surface area contributed by atoms with Crippen LogP contribution in [0.3, 0.4) is 0 Å². The van der Waals surface area contributed by atoms with Crippen LogP contribution < -0.4 is 240 Å². The fraction of sp³-hybridized carbons (Fsp3) is 0.139. The van der Waals surface area contributed by atoms with Gasteiger partial charge in [-0.3, -0.25) is 9.59 Å². The Labute approximate surface area is 1000 Å². The summed E-state index contributed by atoms with van der Waals surface area (Å²) in [6.45, 7) is 8.58. The zero-order chi connectivity index (χ0) is 101. The number of hydrogen-bond donors (Lipinski definition) is 7. The summed E-state index contributed by atoms with van der Waals surface area (Å²) in [4.78, 5) is 41.9. The van der Waals surface area contributed by atoms with Gasteiger partial charge in [-0.15, -0.1) is 20.4 Å². The Balaban J connectivity index is 0.000000255. The second kappa shape index (κ2) is 67.4. The molecule has 0 aliphatic carbocycles. The van der Waals surface area contributed by atoms with E-state index in [4.69, 9.17) is 99.1 Å². The number of nitrogens with one attached hydrogen (secondary N) is 3. The zero-order valence-corrected chi connectivity index (χ0v) is 101. The summed E-state index contributed by atoms with van der Waals surface area (Å²) in [7, 11) is -3.35. The number of carbonyl (C=O) groups excluding carboxylic acids is 3. The number of hydrogen-bond acceptors (Lipinski definition) is 19. The van der Waals surface area contributed by atoms with Crippen molar-refractivity contribution in [3.05, 3.63) is 426 Å². The molecule has 4 heterocycles. The fourth-order valence-electron chi connectivity index (χ4n) is 14.0. The predicted octanol–water partition coefficient (Wildman–Crippen LogP) is 12.3. The average Bonchev–Trinajstić information content (AvgIpc) is 0.796. The van der Waals surface area contributed by atoms with E-state index in [1.807, 2.05) is 20.8 Å². The molecule has 2 aliphatic rings. The maximum atomic E-state index is 12.0. The third-order valence-corrected chi connectivity index (χ3v) is 32.0. The fourth-order valence-corrected chi connectivity index (χ4v) is 24.1. The van der Waals surface area contributed by atoms with Gasteiger partial charge >= 0.3 is 157 Å². The Morgan fingerprint density at radius 3 is 0.924 bits per heavy atom. The number of nitrogens with zero attached hydrogens (tertiary/aromatic N) is 7. The number of piperidine rings is 2. The quantitative estimate of drug-likeness (QED) is 0.0130. The molecule has 0 spiro atoms. The van der Waals surface area contributed by atoms with Gasteiger partial charge in [-0.05, 0) is 167 Å². The third-order valence-electron chi connectivity index (χ3n) is 20.3. The average molecular weight is 2440 g/mol. The SMILES string of the molecule is CC(C)(C)OC(=O)N1CCC(Nc2nnc(Cl)c(N)n2)CC1.Nc1nc(NC2CCNCC2)nnc1-c1cccc(Cl)c1Cl.O=CC(F)(F)F.O=CO[O-].OB(O)c1cccc(Cl)c1Cl.[Cs+].[Cs+].[H-].[Pd].c1ccc(P(c2ccccc2)c2ccccc2)cc1.c1ccc(P(c2ccccc2)c2ccccc2)cc1.c1ccc(P(c2ccccc2)c2ccccc2)cc1.c1ccc(P(c2ccccc2)c2ccccc2)cc1. The third kappa shape index (κ3) is 42.4. The first-order valence-electron chi connectivity index (χ1n) is 44.5. The van der Waals surface area contributed by atoms with E-state index < -0.39 is 56.9 Å². The van der Waals surface area contributed by atoms with Crippen LogP contribution in [0.1, 0.15) is 47.9 Å². The topological polar surface area (TPSA) is 302 Å². The van der Waals surface area contributed by atoms with Gasteiger partial charge in [0.1, 0.15) is 11.3 Å². The molecule has 0 radical (unpaired) electrons. The molecule has 2 aliphatic heterocycles. The summed E-state index contributed by atoms with van der Waals surface area (Å²) in [6.07, 6.45) is -2.40. The van der Waals surface area contributed by atoms with Crippen LogP contribution in [0.2, 0.25) is 25.2 Å². The van der Waals surface area contributed by atoms with Gasteiger partial charge in [0, 0.05) is 56.6 Å². The maximum absolute atomic E-state index is 12.0. The zero-order valence-electron chi connectivity index (χ0n) is 80.4. The molecule has 0 unspecified atom stereocenters. The van der Waals surface area contributed by atoms with E-state index in [0.29, 0.717) is 57.4 Å². The summed E-state index contributed by atoms with van der Waals surface area (Å²) in [5, 5.41) is 69.7. The number of ether oxygens (including phenoxy) is 1. The molecule has 16 aromatic rings. The first kappa shape index (κ1) is 123. The van der Waals surface area contributed by atoms with Crippen LogP contribution in [-0.4, -0.2) is 121 Å². The maximum Gasteiger partial charge on any atom is 1.00 e. The second-order valence-electron chi connectivity index (χ2n) is 31.6. The molecule has 1 amide bonds. The van der Waals surface area contributed by atoms with Crippen LogP contribution in [0, 0.1) is 0 Å². The standard InChI is InChI=1S/4C18H15P.C14H16Cl2N6.C13H21ClN6O2.C6H5BCl2O2.C2HF3O.CH2O3.2Cs.Pd.H/c4*1-4-10-16(11-5-1)19(17-12-6-2-7-13-17)18-14-8-3-9-15-18;15-10-3-1-2-9(11(10)16)12-13(17)20-14(22-21-12)19-8-4-6-18-7-5-8;1-13(2,3)22-12(21)20-6-4-8(5-7-20)16-11-17-10(15)9(14)18-19-11;8-5-3-1-2-4(6(5)9)7(10)11;3-2(4,5)1-6;2-1-4-3;;;;/h4*1-15H;1-3,8,18H,4-7H2,(H3,17,19,20,22);8H,4-7H2,1-3H3,(H3,15,16,17,19);1-3,10-11H;1H;1,3H;;;;/q;;;;;;;;;2*+1;;-1/p-1. The van der Waals surface area contributed by atoms with E-state index in [-0.39, 0.29) is 206 Å². The normalized spacial score (nSPS) is 11.9. The van der Waals surface area contributed by atoms with Crippen LogP contribution in [0.5, 0.6) is 0 Å². The number of carbonyl (C=O) groups is 3. The van der Waals surface area contributed by atoms with Crippen LogP contribution in [0.15, 0.2) is 400 Å². The first-order valence-corrected chi connectivity index (χ1v) is 51.7. The van der Waals surface area contributed by atoms with Crippen LogP contribution >= 0.6 is 89.7 Å². The van der Waals surface area contributed by atoms with E-state index in [1.165, 1.54) is 69.7 Å². The predicted molar refractivity (Wildman–Crippen MR) is 580 cm³/mol. The summed E-state index contributed by atoms with van der Waals surface area (Å²) >= 11 is 29.1. The van der Waals surface area contributed by atoms with Crippen molar-refractivity contribution in [2.75, 3.05) is 48.3 Å². The number of halogens is 8. The Morgan fingerprint density at radius 1 is 0.424 bits per heavy atom. The van der Waals surface area contributed by atoms with Crippen molar-refractivity contribution in [1.29, 1.82) is 0 Å². The molecule has 144 heavy (non-hydrogen) atoms. The molecule has 20 nitrogen and oxygen atoms in total. The van der Waals surface area contributed by atoms with E-state index in [9.17, 15) is 18.0 Å². The summed E-state index contributed by atoms with van der Waals surface area (Å²) in [5.74, 6) is 1.20. The van der Waals surface area contributed by atoms with Crippen molar-refractivity contribution in [3.63, 3.8) is 0 Å².